The van der Waals surface area contributed by atoms with Crippen molar-refractivity contribution in [2.24, 2.45) is 5.92 Å². The van der Waals surface area contributed by atoms with Crippen molar-refractivity contribution >= 4 is 21.9 Å². The Morgan fingerprint density at radius 3 is 2.74 bits per heavy atom. The van der Waals surface area contributed by atoms with Crippen molar-refractivity contribution < 1.29 is 9.15 Å². The number of rotatable bonds is 3. The molecule has 0 aliphatic carbocycles. The molecule has 3 heteroatoms. The van der Waals surface area contributed by atoms with Crippen molar-refractivity contribution in [1.29, 1.82) is 0 Å². The number of nitrogens with zero attached hydrogens (tertiary/aromatic N) is 1. The maximum absolute atomic E-state index is 12.5. The fourth-order valence-electron chi connectivity index (χ4n) is 2.50. The van der Waals surface area contributed by atoms with Gasteiger partial charge in [-0.3, -0.25) is 0 Å². The Bertz CT molecular complexity index is 728. The van der Waals surface area contributed by atoms with Crippen LogP contribution in [-0.2, 0) is 6.42 Å². The molecule has 0 atom stereocenters. The van der Waals surface area contributed by atoms with Crippen molar-refractivity contribution in [3.05, 3.63) is 47.5 Å². The molecule has 3 aromatic rings. The van der Waals surface area contributed by atoms with Gasteiger partial charge in [0.1, 0.15) is 0 Å². The Morgan fingerprint density at radius 1 is 1.16 bits per heavy atom. The average Bonchev–Trinajstić information content (AvgIpc) is 2.87. The molecule has 1 aromatic carbocycles. The van der Waals surface area contributed by atoms with Gasteiger partial charge in [0.25, 0.3) is 0 Å². The lowest BCUT2D eigenvalue weighted by Crippen LogP contribution is -2.33. The van der Waals surface area contributed by atoms with E-state index in [1.165, 1.54) is 0 Å². The summed E-state index contributed by atoms with van der Waals surface area (Å²) in [4.78, 5) is 0. The Kier molecular flexibility index (Phi) is 2.90. The Balaban J connectivity index is 2.28. The standard InChI is InChI=1S/C16H17NO2/c1-11(2)7-8-15-16-13(9-10-19-16)12-5-3-4-6-14(12)17(15)18/h3-6,9-11H,7-8H2,1-2H3. The van der Waals surface area contributed by atoms with Crippen molar-refractivity contribution in [2.45, 2.75) is 26.7 Å². The first-order valence-corrected chi connectivity index (χ1v) is 6.69. The van der Waals surface area contributed by atoms with Gasteiger partial charge in [-0.1, -0.05) is 26.0 Å². The van der Waals surface area contributed by atoms with Crippen molar-refractivity contribution in [3.8, 4) is 0 Å². The SMILES string of the molecule is CC(C)CCc1c2occc2c2ccccc2[n+]1[O-]. The largest absolute Gasteiger partial charge is 0.618 e. The zero-order chi connectivity index (χ0) is 13.4. The van der Waals surface area contributed by atoms with Crippen molar-refractivity contribution in [3.63, 3.8) is 0 Å². The van der Waals surface area contributed by atoms with Gasteiger partial charge in [-0.05, 0) is 24.5 Å². The molecule has 98 valence electrons. The van der Waals surface area contributed by atoms with E-state index in [1.54, 1.807) is 6.26 Å². The minimum Gasteiger partial charge on any atom is -0.618 e. The predicted octanol–water partition coefficient (Wildman–Crippen LogP) is 3.81. The summed E-state index contributed by atoms with van der Waals surface area (Å²) < 4.78 is 6.58. The van der Waals surface area contributed by atoms with Gasteiger partial charge in [-0.25, -0.2) is 0 Å². The Hall–Kier alpha value is -2.03. The van der Waals surface area contributed by atoms with E-state index in [0.717, 1.165) is 45.1 Å². The molecule has 0 amide bonds. The van der Waals surface area contributed by atoms with Gasteiger partial charge in [0.05, 0.1) is 11.6 Å². The van der Waals surface area contributed by atoms with Crippen LogP contribution in [0.3, 0.4) is 0 Å². The Morgan fingerprint density at radius 2 is 1.95 bits per heavy atom. The monoisotopic (exact) mass is 255 g/mol. The van der Waals surface area contributed by atoms with Crippen LogP contribution < -0.4 is 4.73 Å². The van der Waals surface area contributed by atoms with Gasteiger partial charge in [0.2, 0.25) is 16.8 Å². The smallest absolute Gasteiger partial charge is 0.236 e. The number of para-hydroxylation sites is 1. The number of furan rings is 1. The molecule has 3 rings (SSSR count). The first-order chi connectivity index (χ1) is 9.18. The minimum absolute atomic E-state index is 0.566. The summed E-state index contributed by atoms with van der Waals surface area (Å²) in [6.45, 7) is 4.32. The van der Waals surface area contributed by atoms with Gasteiger partial charge in [0.15, 0.2) is 0 Å². The summed E-state index contributed by atoms with van der Waals surface area (Å²) in [5.41, 5.74) is 2.19. The van der Waals surface area contributed by atoms with E-state index in [9.17, 15) is 5.21 Å². The molecule has 0 aliphatic rings. The molecule has 19 heavy (non-hydrogen) atoms. The van der Waals surface area contributed by atoms with Crippen molar-refractivity contribution in [1.82, 2.24) is 0 Å². The van der Waals surface area contributed by atoms with Gasteiger partial charge >= 0.3 is 0 Å². The number of hydrogen-bond acceptors (Lipinski definition) is 2. The number of aryl methyl sites for hydroxylation is 1. The number of pyridine rings is 1. The van der Waals surface area contributed by atoms with Crippen LogP contribution in [0.25, 0.3) is 21.9 Å². The highest BCUT2D eigenvalue weighted by Gasteiger charge is 2.20. The van der Waals surface area contributed by atoms with E-state index in [1.807, 2.05) is 30.3 Å². The van der Waals surface area contributed by atoms with E-state index in [0.29, 0.717) is 5.92 Å². The topological polar surface area (TPSA) is 40.1 Å². The molecule has 2 heterocycles. The van der Waals surface area contributed by atoms with Gasteiger partial charge in [0, 0.05) is 17.9 Å². The lowest BCUT2D eigenvalue weighted by molar-refractivity contribution is -0.584. The van der Waals surface area contributed by atoms with E-state index in [2.05, 4.69) is 13.8 Å². The number of benzene rings is 1. The molecule has 0 bridgehead atoms. The van der Waals surface area contributed by atoms with Crippen LogP contribution in [0.2, 0.25) is 0 Å². The minimum atomic E-state index is 0.566. The van der Waals surface area contributed by atoms with Crippen LogP contribution in [0.1, 0.15) is 26.0 Å². The summed E-state index contributed by atoms with van der Waals surface area (Å²) in [6, 6.07) is 9.62. The maximum atomic E-state index is 12.5. The zero-order valence-corrected chi connectivity index (χ0v) is 11.2. The summed E-state index contributed by atoms with van der Waals surface area (Å²) in [7, 11) is 0. The summed E-state index contributed by atoms with van der Waals surface area (Å²) in [5, 5.41) is 14.5. The molecule has 0 unspecified atom stereocenters. The third-order valence-electron chi connectivity index (χ3n) is 3.54. The quantitative estimate of drug-likeness (QED) is 0.527. The summed E-state index contributed by atoms with van der Waals surface area (Å²) in [6.07, 6.45) is 3.39. The number of aromatic nitrogens is 1. The van der Waals surface area contributed by atoms with Crippen LogP contribution in [0.15, 0.2) is 41.0 Å². The first-order valence-electron chi connectivity index (χ1n) is 6.69. The third-order valence-corrected chi connectivity index (χ3v) is 3.54. The van der Waals surface area contributed by atoms with Crippen LogP contribution in [0.5, 0.6) is 0 Å². The highest BCUT2D eigenvalue weighted by Crippen LogP contribution is 2.27. The van der Waals surface area contributed by atoms with Crippen LogP contribution in [-0.4, -0.2) is 0 Å². The molecular formula is C16H17NO2. The second kappa shape index (κ2) is 4.57. The van der Waals surface area contributed by atoms with Gasteiger partial charge in [-0.2, -0.15) is 4.73 Å². The zero-order valence-electron chi connectivity index (χ0n) is 11.2. The van der Waals surface area contributed by atoms with Crippen LogP contribution in [0.4, 0.5) is 0 Å². The molecule has 0 spiro atoms. The van der Waals surface area contributed by atoms with Gasteiger partial charge < -0.3 is 9.62 Å². The highest BCUT2D eigenvalue weighted by atomic mass is 16.5. The summed E-state index contributed by atoms with van der Waals surface area (Å²) >= 11 is 0. The highest BCUT2D eigenvalue weighted by molar-refractivity contribution is 6.02. The van der Waals surface area contributed by atoms with E-state index < -0.39 is 0 Å². The van der Waals surface area contributed by atoms with Gasteiger partial charge in [-0.15, -0.1) is 0 Å². The predicted molar refractivity (Wildman–Crippen MR) is 75.8 cm³/mol. The fourth-order valence-corrected chi connectivity index (χ4v) is 2.50. The van der Waals surface area contributed by atoms with Crippen molar-refractivity contribution in [2.75, 3.05) is 0 Å². The van der Waals surface area contributed by atoms with E-state index in [4.69, 9.17) is 4.42 Å². The normalized spacial score (nSPS) is 11.7. The molecule has 0 N–H and O–H groups in total. The van der Waals surface area contributed by atoms with E-state index in [-0.39, 0.29) is 0 Å². The summed E-state index contributed by atoms with van der Waals surface area (Å²) in [5.74, 6) is 0.566. The molecule has 0 saturated heterocycles. The second-order valence-corrected chi connectivity index (χ2v) is 5.35. The molecule has 0 fully saturated rings. The molecule has 3 nitrogen and oxygen atoms in total. The molecule has 0 saturated carbocycles. The fraction of sp³-hybridized carbons (Fsp3) is 0.312. The molecule has 0 aliphatic heterocycles. The van der Waals surface area contributed by atoms with Crippen LogP contribution >= 0.6 is 0 Å². The average molecular weight is 255 g/mol. The third kappa shape index (κ3) is 1.95. The number of fused-ring (bicyclic) bond motifs is 3. The number of hydrogen-bond donors (Lipinski definition) is 0. The molecule has 2 aromatic heterocycles. The lowest BCUT2D eigenvalue weighted by atomic mass is 10.0. The molecule has 0 radical (unpaired) electrons. The lowest BCUT2D eigenvalue weighted by Gasteiger charge is -2.10. The van der Waals surface area contributed by atoms with E-state index >= 15 is 0 Å². The Labute approximate surface area is 112 Å². The second-order valence-electron chi connectivity index (χ2n) is 5.35. The van der Waals surface area contributed by atoms with Crippen LogP contribution in [0, 0.1) is 11.1 Å². The maximum Gasteiger partial charge on any atom is 0.236 e. The first kappa shape index (κ1) is 12.0. The molecular weight excluding hydrogens is 238 g/mol.